The highest BCUT2D eigenvalue weighted by molar-refractivity contribution is 7.17. The molecule has 144 valence electrons. The van der Waals surface area contributed by atoms with Crippen LogP contribution in [0.25, 0.3) is 0 Å². The van der Waals surface area contributed by atoms with E-state index in [1.165, 1.54) is 11.3 Å². The number of anilines is 1. The van der Waals surface area contributed by atoms with E-state index in [1.807, 2.05) is 6.92 Å². The molecule has 1 N–H and O–H groups in total. The molecule has 7 heteroatoms. The minimum absolute atomic E-state index is 0.232. The molecule has 0 saturated heterocycles. The Morgan fingerprint density at radius 3 is 2.62 bits per heavy atom. The van der Waals surface area contributed by atoms with Gasteiger partial charge in [-0.15, -0.1) is 11.3 Å². The molecule has 0 aliphatic heterocycles. The second-order valence-electron chi connectivity index (χ2n) is 6.68. The van der Waals surface area contributed by atoms with Gasteiger partial charge in [-0.05, 0) is 51.5 Å². The molecule has 0 aromatic carbocycles. The number of carbonyl (C=O) groups excluding carboxylic acids is 3. The summed E-state index contributed by atoms with van der Waals surface area (Å²) in [5.41, 5.74) is 1.45. The number of fused-ring (bicyclic) bond motifs is 1. The van der Waals surface area contributed by atoms with Gasteiger partial charge in [-0.3, -0.25) is 9.59 Å². The molecule has 1 aromatic heterocycles. The largest absolute Gasteiger partial charge is 0.459 e. The van der Waals surface area contributed by atoms with Crippen LogP contribution in [0.2, 0.25) is 0 Å². The molecule has 1 aliphatic rings. The van der Waals surface area contributed by atoms with Crippen LogP contribution in [0.15, 0.2) is 0 Å². The minimum Gasteiger partial charge on any atom is -0.459 e. The maximum Gasteiger partial charge on any atom is 0.341 e. The topological polar surface area (TPSA) is 81.7 Å². The van der Waals surface area contributed by atoms with Crippen molar-refractivity contribution < 1.29 is 23.9 Å². The zero-order valence-corrected chi connectivity index (χ0v) is 16.5. The van der Waals surface area contributed by atoms with Crippen LogP contribution in [-0.4, -0.2) is 30.6 Å². The number of carbonyl (C=O) groups is 3. The SMILES string of the molecule is CCCCC(=O)OCC(=O)Nc1sc2c(c1C(=O)OC(C)C)CCCC2. The first-order valence-electron chi connectivity index (χ1n) is 9.23. The van der Waals surface area contributed by atoms with Crippen LogP contribution in [-0.2, 0) is 31.9 Å². The zero-order chi connectivity index (χ0) is 19.1. The van der Waals surface area contributed by atoms with Gasteiger partial charge in [0.1, 0.15) is 5.00 Å². The molecule has 0 atom stereocenters. The lowest BCUT2D eigenvalue weighted by Gasteiger charge is -2.14. The first-order valence-corrected chi connectivity index (χ1v) is 10.0. The van der Waals surface area contributed by atoms with Crippen LogP contribution in [0.3, 0.4) is 0 Å². The number of ether oxygens (including phenoxy) is 2. The van der Waals surface area contributed by atoms with E-state index in [0.717, 1.165) is 49.0 Å². The number of nitrogens with one attached hydrogen (secondary N) is 1. The second-order valence-corrected chi connectivity index (χ2v) is 7.79. The van der Waals surface area contributed by atoms with E-state index in [-0.39, 0.29) is 18.7 Å². The number of thiophene rings is 1. The van der Waals surface area contributed by atoms with Crippen molar-refractivity contribution in [1.82, 2.24) is 0 Å². The van der Waals surface area contributed by atoms with Crippen LogP contribution in [0.1, 0.15) is 73.7 Å². The van der Waals surface area contributed by atoms with Crippen molar-refractivity contribution >= 4 is 34.2 Å². The number of esters is 2. The Hall–Kier alpha value is -1.89. The van der Waals surface area contributed by atoms with Crippen molar-refractivity contribution in [3.05, 3.63) is 16.0 Å². The van der Waals surface area contributed by atoms with Gasteiger partial charge in [0.05, 0.1) is 11.7 Å². The van der Waals surface area contributed by atoms with Crippen LogP contribution < -0.4 is 5.32 Å². The number of amides is 1. The molecular weight excluding hydrogens is 354 g/mol. The predicted octanol–water partition coefficient (Wildman–Crippen LogP) is 3.86. The Morgan fingerprint density at radius 2 is 1.92 bits per heavy atom. The number of hydrogen-bond acceptors (Lipinski definition) is 6. The fourth-order valence-electron chi connectivity index (χ4n) is 2.84. The van der Waals surface area contributed by atoms with E-state index >= 15 is 0 Å². The van der Waals surface area contributed by atoms with Gasteiger partial charge in [-0.2, -0.15) is 0 Å². The highest BCUT2D eigenvalue weighted by atomic mass is 32.1. The number of rotatable bonds is 8. The van der Waals surface area contributed by atoms with Crippen molar-refractivity contribution in [2.24, 2.45) is 0 Å². The number of aryl methyl sites for hydroxylation is 1. The van der Waals surface area contributed by atoms with Gasteiger partial charge in [0, 0.05) is 11.3 Å². The third-order valence-electron chi connectivity index (χ3n) is 4.07. The maximum atomic E-state index is 12.5. The summed E-state index contributed by atoms with van der Waals surface area (Å²) in [6.07, 6.45) is 5.53. The molecule has 1 aliphatic carbocycles. The Balaban J connectivity index is 2.08. The molecule has 0 bridgehead atoms. The first kappa shape index (κ1) is 20.4. The fraction of sp³-hybridized carbons (Fsp3) is 0.632. The van der Waals surface area contributed by atoms with Gasteiger partial charge in [0.2, 0.25) is 0 Å². The lowest BCUT2D eigenvalue weighted by Crippen LogP contribution is -2.22. The summed E-state index contributed by atoms with van der Waals surface area (Å²) in [4.78, 5) is 37.4. The van der Waals surface area contributed by atoms with E-state index in [1.54, 1.807) is 13.8 Å². The molecular formula is C19H27NO5S. The Kier molecular flexibility index (Phi) is 7.63. The van der Waals surface area contributed by atoms with Crippen molar-refractivity contribution in [3.63, 3.8) is 0 Å². The smallest absolute Gasteiger partial charge is 0.341 e. The predicted molar refractivity (Wildman–Crippen MR) is 101 cm³/mol. The lowest BCUT2D eigenvalue weighted by molar-refractivity contribution is -0.147. The molecule has 6 nitrogen and oxygen atoms in total. The first-order chi connectivity index (χ1) is 12.4. The van der Waals surface area contributed by atoms with Gasteiger partial charge in [0.25, 0.3) is 5.91 Å². The third-order valence-corrected chi connectivity index (χ3v) is 5.28. The maximum absolute atomic E-state index is 12.5. The van der Waals surface area contributed by atoms with E-state index in [0.29, 0.717) is 17.0 Å². The monoisotopic (exact) mass is 381 g/mol. The molecule has 2 rings (SSSR count). The molecule has 1 aromatic rings. The average Bonchev–Trinajstić information content (AvgIpc) is 2.95. The summed E-state index contributed by atoms with van der Waals surface area (Å²) in [5.74, 6) is -1.23. The van der Waals surface area contributed by atoms with Gasteiger partial charge in [-0.1, -0.05) is 13.3 Å². The van der Waals surface area contributed by atoms with Gasteiger partial charge in [-0.25, -0.2) is 4.79 Å². The summed E-state index contributed by atoms with van der Waals surface area (Å²) in [5, 5.41) is 3.23. The van der Waals surface area contributed by atoms with Crippen molar-refractivity contribution in [3.8, 4) is 0 Å². The number of hydrogen-bond donors (Lipinski definition) is 1. The molecule has 1 amide bonds. The Morgan fingerprint density at radius 1 is 1.19 bits per heavy atom. The average molecular weight is 381 g/mol. The normalized spacial score (nSPS) is 13.2. The summed E-state index contributed by atoms with van der Waals surface area (Å²) in [6, 6.07) is 0. The van der Waals surface area contributed by atoms with Gasteiger partial charge < -0.3 is 14.8 Å². The second kappa shape index (κ2) is 9.71. The fourth-order valence-corrected chi connectivity index (χ4v) is 4.14. The minimum atomic E-state index is -0.438. The highest BCUT2D eigenvalue weighted by Crippen LogP contribution is 2.38. The summed E-state index contributed by atoms with van der Waals surface area (Å²) in [7, 11) is 0. The standard InChI is InChI=1S/C19H27NO5S/c1-4-5-10-16(22)24-11-15(21)20-18-17(19(23)25-12(2)3)13-8-6-7-9-14(13)26-18/h12H,4-11H2,1-3H3,(H,20,21). The van der Waals surface area contributed by atoms with Crippen molar-refractivity contribution in [2.75, 3.05) is 11.9 Å². The molecule has 1 heterocycles. The molecule has 26 heavy (non-hydrogen) atoms. The Labute approximate surface area is 158 Å². The van der Waals surface area contributed by atoms with E-state index in [2.05, 4.69) is 5.32 Å². The molecule has 0 radical (unpaired) electrons. The van der Waals surface area contributed by atoms with Crippen LogP contribution in [0.4, 0.5) is 5.00 Å². The van der Waals surface area contributed by atoms with Gasteiger partial charge >= 0.3 is 11.9 Å². The molecule has 0 unspecified atom stereocenters. The van der Waals surface area contributed by atoms with Crippen molar-refractivity contribution in [2.45, 2.75) is 71.8 Å². The highest BCUT2D eigenvalue weighted by Gasteiger charge is 2.28. The van der Waals surface area contributed by atoms with E-state index in [4.69, 9.17) is 9.47 Å². The number of unbranched alkanes of at least 4 members (excludes halogenated alkanes) is 1. The summed E-state index contributed by atoms with van der Waals surface area (Å²) >= 11 is 1.42. The molecule has 0 fully saturated rings. The van der Waals surface area contributed by atoms with E-state index in [9.17, 15) is 14.4 Å². The Bertz CT molecular complexity index is 665. The van der Waals surface area contributed by atoms with E-state index < -0.39 is 11.9 Å². The summed E-state index contributed by atoms with van der Waals surface area (Å²) in [6.45, 7) is 5.23. The summed E-state index contributed by atoms with van der Waals surface area (Å²) < 4.78 is 10.3. The van der Waals surface area contributed by atoms with Gasteiger partial charge in [0.15, 0.2) is 6.61 Å². The quantitative estimate of drug-likeness (QED) is 0.692. The molecule has 0 saturated carbocycles. The zero-order valence-electron chi connectivity index (χ0n) is 15.7. The van der Waals surface area contributed by atoms with Crippen LogP contribution >= 0.6 is 11.3 Å². The van der Waals surface area contributed by atoms with Crippen LogP contribution in [0.5, 0.6) is 0 Å². The molecule has 0 spiro atoms. The van der Waals surface area contributed by atoms with Crippen LogP contribution in [0, 0.1) is 0 Å². The lowest BCUT2D eigenvalue weighted by atomic mass is 9.95. The van der Waals surface area contributed by atoms with Crippen molar-refractivity contribution in [1.29, 1.82) is 0 Å². The third kappa shape index (κ3) is 5.56.